The summed E-state index contributed by atoms with van der Waals surface area (Å²) in [7, 11) is 0. The van der Waals surface area contributed by atoms with Crippen molar-refractivity contribution in [3.8, 4) is 11.1 Å². The second kappa shape index (κ2) is 6.50. The third-order valence-corrected chi connectivity index (χ3v) is 4.39. The zero-order valence-electron chi connectivity index (χ0n) is 13.0. The van der Waals surface area contributed by atoms with Gasteiger partial charge < -0.3 is 4.74 Å². The van der Waals surface area contributed by atoms with Crippen molar-refractivity contribution in [3.63, 3.8) is 0 Å². The van der Waals surface area contributed by atoms with E-state index < -0.39 is 0 Å². The molecule has 0 aromatic heterocycles. The zero-order chi connectivity index (χ0) is 16.4. The number of ether oxygens (including phenoxy) is 1. The maximum Gasteiger partial charge on any atom is 0.216 e. The van der Waals surface area contributed by atoms with Gasteiger partial charge in [0.25, 0.3) is 0 Å². The summed E-state index contributed by atoms with van der Waals surface area (Å²) in [6.45, 7) is 0.665. The molecule has 1 heterocycles. The number of aliphatic imine (C=N–C) groups is 1. The minimum atomic E-state index is 0.0112. The maximum absolute atomic E-state index is 6.03. The molecular formula is C21H16ClNO. The number of hydrogen-bond donors (Lipinski definition) is 0. The highest BCUT2D eigenvalue weighted by Crippen LogP contribution is 2.27. The highest BCUT2D eigenvalue weighted by atomic mass is 35.5. The molecule has 1 aliphatic heterocycles. The number of rotatable bonds is 3. The van der Waals surface area contributed by atoms with Crippen LogP contribution in [0.1, 0.15) is 17.2 Å². The van der Waals surface area contributed by atoms with E-state index in [2.05, 4.69) is 41.4 Å². The Morgan fingerprint density at radius 3 is 2.00 bits per heavy atom. The molecule has 0 fully saturated rings. The van der Waals surface area contributed by atoms with E-state index >= 15 is 0 Å². The summed E-state index contributed by atoms with van der Waals surface area (Å²) in [6.07, 6.45) is 0.0112. The molecule has 0 saturated carbocycles. The SMILES string of the molecule is Clc1ccc(-c2ccc(C3=NC[14C@H](c4ccccc4)O3)cc2)cc1. The predicted molar refractivity (Wildman–Crippen MR) is 98.6 cm³/mol. The summed E-state index contributed by atoms with van der Waals surface area (Å²) in [6, 6.07) is 26.3. The van der Waals surface area contributed by atoms with Gasteiger partial charge in [0.2, 0.25) is 5.90 Å². The van der Waals surface area contributed by atoms with Crippen LogP contribution in [-0.2, 0) is 4.74 Å². The van der Waals surface area contributed by atoms with Gasteiger partial charge in [-0.25, -0.2) is 4.99 Å². The van der Waals surface area contributed by atoms with E-state index in [1.807, 2.05) is 42.5 Å². The first-order valence-electron chi connectivity index (χ1n) is 7.92. The highest BCUT2D eigenvalue weighted by Gasteiger charge is 2.22. The molecule has 24 heavy (non-hydrogen) atoms. The minimum Gasteiger partial charge on any atom is -0.467 e. The van der Waals surface area contributed by atoms with Gasteiger partial charge in [0, 0.05) is 10.6 Å². The molecule has 118 valence electrons. The van der Waals surface area contributed by atoms with Crippen molar-refractivity contribution < 1.29 is 4.74 Å². The van der Waals surface area contributed by atoms with Crippen molar-refractivity contribution in [1.82, 2.24) is 0 Å². The van der Waals surface area contributed by atoms with E-state index in [1.165, 1.54) is 0 Å². The zero-order valence-corrected chi connectivity index (χ0v) is 13.8. The van der Waals surface area contributed by atoms with Gasteiger partial charge in [0.15, 0.2) is 0 Å². The quantitative estimate of drug-likeness (QED) is 0.617. The van der Waals surface area contributed by atoms with Gasteiger partial charge in [0.1, 0.15) is 6.10 Å². The van der Waals surface area contributed by atoms with Crippen LogP contribution in [0.2, 0.25) is 5.02 Å². The van der Waals surface area contributed by atoms with Crippen molar-refractivity contribution in [1.29, 1.82) is 0 Å². The molecule has 0 N–H and O–H groups in total. The van der Waals surface area contributed by atoms with Crippen molar-refractivity contribution in [2.45, 2.75) is 6.10 Å². The lowest BCUT2D eigenvalue weighted by Crippen LogP contribution is -2.06. The fraction of sp³-hybridized carbons (Fsp3) is 0.0952. The summed E-state index contributed by atoms with van der Waals surface area (Å²) in [5.41, 5.74) is 4.45. The molecule has 2 nitrogen and oxygen atoms in total. The van der Waals surface area contributed by atoms with Crippen LogP contribution in [0.3, 0.4) is 0 Å². The molecule has 0 bridgehead atoms. The average molecular weight is 336 g/mol. The average Bonchev–Trinajstić information content (AvgIpc) is 3.13. The summed E-state index contributed by atoms with van der Waals surface area (Å²) in [4.78, 5) is 4.55. The van der Waals surface area contributed by atoms with E-state index in [9.17, 15) is 0 Å². The molecular weight excluding hydrogens is 320 g/mol. The summed E-state index contributed by atoms with van der Waals surface area (Å²) < 4.78 is 6.03. The number of benzene rings is 3. The van der Waals surface area contributed by atoms with Crippen LogP contribution >= 0.6 is 11.6 Å². The van der Waals surface area contributed by atoms with Crippen LogP contribution in [0.5, 0.6) is 0 Å². The third-order valence-electron chi connectivity index (χ3n) is 4.14. The first kappa shape index (κ1) is 15.0. The summed E-state index contributed by atoms with van der Waals surface area (Å²) >= 11 is 5.94. The molecule has 0 saturated heterocycles. The van der Waals surface area contributed by atoms with Crippen LogP contribution < -0.4 is 0 Å². The van der Waals surface area contributed by atoms with Crippen molar-refractivity contribution >= 4 is 17.5 Å². The monoisotopic (exact) mass is 335 g/mol. The fourth-order valence-corrected chi connectivity index (χ4v) is 2.95. The smallest absolute Gasteiger partial charge is 0.216 e. The van der Waals surface area contributed by atoms with Gasteiger partial charge in [-0.3, -0.25) is 0 Å². The van der Waals surface area contributed by atoms with Crippen molar-refractivity contribution in [3.05, 3.63) is 95.0 Å². The molecule has 0 unspecified atom stereocenters. The number of halogens is 1. The van der Waals surface area contributed by atoms with E-state index in [4.69, 9.17) is 16.3 Å². The molecule has 3 aromatic rings. The third kappa shape index (κ3) is 3.06. The second-order valence-electron chi connectivity index (χ2n) is 5.75. The molecule has 1 atom stereocenters. The lowest BCUT2D eigenvalue weighted by Gasteiger charge is -2.11. The Bertz CT molecular complexity index is 855. The van der Waals surface area contributed by atoms with E-state index in [0.29, 0.717) is 12.4 Å². The Kier molecular flexibility index (Phi) is 4.06. The molecule has 0 radical (unpaired) electrons. The van der Waals surface area contributed by atoms with E-state index in [-0.39, 0.29) is 6.10 Å². The fourth-order valence-electron chi connectivity index (χ4n) is 2.82. The Labute approximate surface area is 146 Å². The molecule has 3 aromatic carbocycles. The molecule has 0 aliphatic carbocycles. The van der Waals surface area contributed by atoms with Gasteiger partial charge >= 0.3 is 0 Å². The normalized spacial score (nSPS) is 16.5. The van der Waals surface area contributed by atoms with E-state index in [0.717, 1.165) is 27.3 Å². The summed E-state index contributed by atoms with van der Waals surface area (Å²) in [5, 5.41) is 0.746. The first-order valence-corrected chi connectivity index (χ1v) is 8.30. The molecule has 3 heteroatoms. The first-order chi connectivity index (χ1) is 11.8. The van der Waals surface area contributed by atoms with Crippen LogP contribution in [0.25, 0.3) is 11.1 Å². The largest absolute Gasteiger partial charge is 0.467 e. The standard InChI is InChI=1S/C21H16ClNO/c22-19-12-10-16(11-13-19)15-6-8-18(9-7-15)21-23-14-20(24-21)17-4-2-1-3-5-17/h1-13,20H,14H2/t20-/m1/s1/i20+2. The lowest BCUT2D eigenvalue weighted by molar-refractivity contribution is 0.230. The lowest BCUT2D eigenvalue weighted by atomic mass is 10.0. The Balaban J connectivity index is 1.51. The molecule has 4 rings (SSSR count). The topological polar surface area (TPSA) is 21.6 Å². The Hall–Kier alpha value is -2.58. The minimum absolute atomic E-state index is 0.0112. The Morgan fingerprint density at radius 1 is 0.750 bits per heavy atom. The summed E-state index contributed by atoms with van der Waals surface area (Å²) in [5.74, 6) is 0.714. The van der Waals surface area contributed by atoms with Crippen LogP contribution in [-0.4, -0.2) is 12.4 Å². The molecule has 0 amide bonds. The predicted octanol–water partition coefficient (Wildman–Crippen LogP) is 5.53. The molecule has 1 aliphatic rings. The van der Waals surface area contributed by atoms with Gasteiger partial charge in [-0.15, -0.1) is 0 Å². The number of nitrogens with zero attached hydrogens (tertiary/aromatic N) is 1. The van der Waals surface area contributed by atoms with Crippen LogP contribution in [0, 0.1) is 0 Å². The van der Waals surface area contributed by atoms with Gasteiger partial charge in [-0.2, -0.15) is 0 Å². The second-order valence-corrected chi connectivity index (χ2v) is 6.18. The maximum atomic E-state index is 6.03. The van der Waals surface area contributed by atoms with Gasteiger partial charge in [-0.1, -0.05) is 66.2 Å². The van der Waals surface area contributed by atoms with Gasteiger partial charge in [-0.05, 0) is 41.0 Å². The van der Waals surface area contributed by atoms with Crippen molar-refractivity contribution in [2.24, 2.45) is 4.99 Å². The molecule has 0 spiro atoms. The van der Waals surface area contributed by atoms with E-state index in [1.54, 1.807) is 0 Å². The van der Waals surface area contributed by atoms with Crippen LogP contribution in [0.4, 0.5) is 0 Å². The number of hydrogen-bond acceptors (Lipinski definition) is 2. The van der Waals surface area contributed by atoms with Crippen LogP contribution in [0.15, 0.2) is 83.9 Å². The van der Waals surface area contributed by atoms with Crippen molar-refractivity contribution in [2.75, 3.05) is 6.54 Å². The highest BCUT2D eigenvalue weighted by molar-refractivity contribution is 6.30. The van der Waals surface area contributed by atoms with Gasteiger partial charge in [0.05, 0.1) is 6.54 Å². The Morgan fingerprint density at radius 2 is 1.33 bits per heavy atom.